The second kappa shape index (κ2) is 6.62. The van der Waals surface area contributed by atoms with Crippen LogP contribution in [0.3, 0.4) is 0 Å². The number of imidazole rings is 1. The van der Waals surface area contributed by atoms with Crippen LogP contribution >= 0.6 is 0 Å². The Bertz CT molecular complexity index is 806. The minimum atomic E-state index is 0.255. The molecule has 142 valence electrons. The maximum Gasteiger partial charge on any atom is 0.226 e. The first kappa shape index (κ1) is 16.7. The van der Waals surface area contributed by atoms with E-state index < -0.39 is 0 Å². The molecule has 0 radical (unpaired) electrons. The monoisotopic (exact) mass is 366 g/mol. The quantitative estimate of drug-likeness (QED) is 0.834. The minimum Gasteiger partial charge on any atom is -0.356 e. The Kier molecular flexibility index (Phi) is 4.10. The third-order valence-corrected chi connectivity index (χ3v) is 6.65. The molecule has 4 heterocycles. The van der Waals surface area contributed by atoms with Crippen molar-refractivity contribution in [2.45, 2.75) is 38.5 Å². The number of nitrogens with zero attached hydrogens (tertiary/aromatic N) is 6. The SMILES string of the molecule is O=C(C1CC12CCN(c1cc(-n3ccnc3)ncn1)CC2)N1CCCCC1. The first-order valence-electron chi connectivity index (χ1n) is 10.1. The number of hydrogen-bond acceptors (Lipinski definition) is 5. The van der Waals surface area contributed by atoms with Gasteiger partial charge in [0.2, 0.25) is 5.91 Å². The van der Waals surface area contributed by atoms with Crippen LogP contribution in [0, 0.1) is 11.3 Å². The molecule has 2 aromatic heterocycles. The van der Waals surface area contributed by atoms with Gasteiger partial charge in [-0.3, -0.25) is 9.36 Å². The van der Waals surface area contributed by atoms with E-state index in [1.807, 2.05) is 16.8 Å². The summed E-state index contributed by atoms with van der Waals surface area (Å²) in [6, 6.07) is 2.02. The fourth-order valence-electron chi connectivity index (χ4n) is 4.81. The van der Waals surface area contributed by atoms with Crippen LogP contribution in [0.5, 0.6) is 0 Å². The highest BCUT2D eigenvalue weighted by molar-refractivity contribution is 5.83. The maximum atomic E-state index is 12.8. The van der Waals surface area contributed by atoms with Gasteiger partial charge in [0, 0.05) is 50.6 Å². The van der Waals surface area contributed by atoms with E-state index >= 15 is 0 Å². The first-order chi connectivity index (χ1) is 13.3. The lowest BCUT2D eigenvalue weighted by Crippen LogP contribution is -2.40. The smallest absolute Gasteiger partial charge is 0.226 e. The Labute approximate surface area is 159 Å². The normalized spacial score (nSPS) is 24.2. The molecular formula is C20H26N6O. The predicted molar refractivity (Wildman–Crippen MR) is 102 cm³/mol. The van der Waals surface area contributed by atoms with Gasteiger partial charge < -0.3 is 9.80 Å². The molecule has 3 aliphatic rings. The third kappa shape index (κ3) is 3.09. The van der Waals surface area contributed by atoms with Gasteiger partial charge >= 0.3 is 0 Å². The Morgan fingerprint density at radius 2 is 1.81 bits per heavy atom. The maximum absolute atomic E-state index is 12.8. The second-order valence-electron chi connectivity index (χ2n) is 8.20. The molecule has 1 saturated carbocycles. The van der Waals surface area contributed by atoms with Crippen LogP contribution in [0.15, 0.2) is 31.1 Å². The molecule has 5 rings (SSSR count). The predicted octanol–water partition coefficient (Wildman–Crippen LogP) is 2.28. The number of anilines is 1. The second-order valence-corrected chi connectivity index (χ2v) is 8.20. The summed E-state index contributed by atoms with van der Waals surface area (Å²) < 4.78 is 1.89. The summed E-state index contributed by atoms with van der Waals surface area (Å²) in [7, 11) is 0. The number of amides is 1. The summed E-state index contributed by atoms with van der Waals surface area (Å²) in [5.74, 6) is 2.49. The Balaban J connectivity index is 1.22. The molecule has 2 saturated heterocycles. The largest absolute Gasteiger partial charge is 0.356 e. The highest BCUT2D eigenvalue weighted by Crippen LogP contribution is 2.60. The number of aromatic nitrogens is 4. The summed E-state index contributed by atoms with van der Waals surface area (Å²) in [6.07, 6.45) is 13.9. The van der Waals surface area contributed by atoms with Crippen LogP contribution in [0.4, 0.5) is 5.82 Å². The molecule has 1 aliphatic carbocycles. The fourth-order valence-corrected chi connectivity index (χ4v) is 4.81. The Morgan fingerprint density at radius 1 is 1.04 bits per heavy atom. The van der Waals surface area contributed by atoms with Crippen LogP contribution in [0.2, 0.25) is 0 Å². The van der Waals surface area contributed by atoms with E-state index in [1.54, 1.807) is 18.9 Å². The van der Waals surface area contributed by atoms with Gasteiger partial charge in [0.05, 0.1) is 0 Å². The number of carbonyl (C=O) groups excluding carboxylic acids is 1. The molecule has 7 nitrogen and oxygen atoms in total. The summed E-state index contributed by atoms with van der Waals surface area (Å²) in [4.78, 5) is 30.2. The van der Waals surface area contributed by atoms with Gasteiger partial charge in [0.1, 0.15) is 24.3 Å². The van der Waals surface area contributed by atoms with E-state index in [0.717, 1.165) is 57.1 Å². The number of rotatable bonds is 3. The minimum absolute atomic E-state index is 0.255. The van der Waals surface area contributed by atoms with Crippen molar-refractivity contribution in [3.05, 3.63) is 31.1 Å². The number of carbonyl (C=O) groups is 1. The third-order valence-electron chi connectivity index (χ3n) is 6.65. The average molecular weight is 366 g/mol. The van der Waals surface area contributed by atoms with E-state index in [4.69, 9.17) is 0 Å². The molecule has 7 heteroatoms. The molecule has 27 heavy (non-hydrogen) atoms. The summed E-state index contributed by atoms with van der Waals surface area (Å²) in [6.45, 7) is 3.86. The fraction of sp³-hybridized carbons (Fsp3) is 0.600. The van der Waals surface area contributed by atoms with E-state index in [0.29, 0.717) is 5.91 Å². The zero-order valence-corrected chi connectivity index (χ0v) is 15.6. The zero-order chi connectivity index (χ0) is 18.3. The van der Waals surface area contributed by atoms with Gasteiger partial charge in [-0.15, -0.1) is 0 Å². The van der Waals surface area contributed by atoms with E-state index in [9.17, 15) is 4.79 Å². The highest BCUT2D eigenvalue weighted by atomic mass is 16.2. The van der Waals surface area contributed by atoms with Crippen molar-refractivity contribution in [2.75, 3.05) is 31.1 Å². The zero-order valence-electron chi connectivity index (χ0n) is 15.6. The van der Waals surface area contributed by atoms with Crippen molar-refractivity contribution in [1.29, 1.82) is 0 Å². The van der Waals surface area contributed by atoms with Crippen molar-refractivity contribution in [3.8, 4) is 5.82 Å². The summed E-state index contributed by atoms with van der Waals surface area (Å²) in [5, 5.41) is 0. The molecule has 1 amide bonds. The number of piperidine rings is 2. The van der Waals surface area contributed by atoms with Crippen LogP contribution in [-0.2, 0) is 4.79 Å². The molecule has 0 aromatic carbocycles. The first-order valence-corrected chi connectivity index (χ1v) is 10.1. The highest BCUT2D eigenvalue weighted by Gasteiger charge is 2.59. The molecule has 3 fully saturated rings. The van der Waals surface area contributed by atoms with Crippen molar-refractivity contribution < 1.29 is 4.79 Å². The van der Waals surface area contributed by atoms with Crippen molar-refractivity contribution >= 4 is 11.7 Å². The van der Waals surface area contributed by atoms with Crippen LogP contribution in [0.1, 0.15) is 38.5 Å². The van der Waals surface area contributed by atoms with Crippen LogP contribution in [0.25, 0.3) is 5.82 Å². The Morgan fingerprint density at radius 3 is 2.56 bits per heavy atom. The van der Waals surface area contributed by atoms with Gasteiger partial charge in [-0.1, -0.05) is 0 Å². The standard InChI is InChI=1S/C20H26N6O/c27-19(25-7-2-1-3-8-25)16-13-20(16)4-9-24(10-5-20)17-12-18(23-14-22-17)26-11-6-21-15-26/h6,11-12,14-16H,1-5,7-10,13H2. The number of likely N-dealkylation sites (tertiary alicyclic amines) is 1. The van der Waals surface area contributed by atoms with Gasteiger partial charge in [0.25, 0.3) is 0 Å². The molecule has 0 bridgehead atoms. The lowest BCUT2D eigenvalue weighted by atomic mass is 9.90. The molecule has 1 unspecified atom stereocenters. The molecule has 2 aromatic rings. The van der Waals surface area contributed by atoms with E-state index in [-0.39, 0.29) is 11.3 Å². The van der Waals surface area contributed by atoms with Crippen LogP contribution < -0.4 is 4.90 Å². The lowest BCUT2D eigenvalue weighted by Gasteiger charge is -2.34. The Hall–Kier alpha value is -2.44. The van der Waals surface area contributed by atoms with Gasteiger partial charge in [-0.2, -0.15) is 0 Å². The van der Waals surface area contributed by atoms with Crippen molar-refractivity contribution in [1.82, 2.24) is 24.4 Å². The molecule has 2 aliphatic heterocycles. The van der Waals surface area contributed by atoms with E-state index in [1.165, 1.54) is 19.3 Å². The molecule has 0 N–H and O–H groups in total. The topological polar surface area (TPSA) is 67.2 Å². The van der Waals surface area contributed by atoms with Crippen LogP contribution in [-0.4, -0.2) is 56.5 Å². The van der Waals surface area contributed by atoms with Crippen molar-refractivity contribution in [2.24, 2.45) is 11.3 Å². The van der Waals surface area contributed by atoms with Crippen molar-refractivity contribution in [3.63, 3.8) is 0 Å². The van der Waals surface area contributed by atoms with Gasteiger partial charge in [-0.05, 0) is 43.9 Å². The average Bonchev–Trinajstić information content (AvgIpc) is 3.16. The molecule has 1 spiro atoms. The molecule has 1 atom stereocenters. The summed E-state index contributed by atoms with van der Waals surface area (Å²) in [5.41, 5.74) is 0.255. The van der Waals surface area contributed by atoms with Gasteiger partial charge in [-0.25, -0.2) is 15.0 Å². The molecular weight excluding hydrogens is 340 g/mol. The van der Waals surface area contributed by atoms with E-state index in [2.05, 4.69) is 24.8 Å². The lowest BCUT2D eigenvalue weighted by molar-refractivity contribution is -0.134. The summed E-state index contributed by atoms with van der Waals surface area (Å²) >= 11 is 0. The van der Waals surface area contributed by atoms with Gasteiger partial charge in [0.15, 0.2) is 0 Å². The number of hydrogen-bond donors (Lipinski definition) is 0.